The van der Waals surface area contributed by atoms with Gasteiger partial charge in [0.05, 0.1) is 25.4 Å². The Morgan fingerprint density at radius 3 is 0.656 bits per heavy atom. The van der Waals surface area contributed by atoms with E-state index in [0.29, 0.717) is 25.9 Å². The SMILES string of the molecule is CCCCCCCCCCCCCCCCCCCCCCCCCCCC(O)C(CO)NC(=O)CCCCCCCCCCCCCCCCCCCCCCCCCCCCCCCCCCOC(=O)CCCCCCCCCCCCCCCCCCCCC. The molecule has 0 aromatic heterocycles. The van der Waals surface area contributed by atoms with E-state index in [0.717, 1.165) is 38.5 Å². The van der Waals surface area contributed by atoms with Crippen LogP contribution in [0.25, 0.3) is 0 Å². The Balaban J connectivity index is 3.31. The van der Waals surface area contributed by atoms with Gasteiger partial charge in [0.15, 0.2) is 0 Å². The molecule has 0 spiro atoms. The zero-order chi connectivity index (χ0) is 67.0. The molecule has 0 saturated heterocycles. The lowest BCUT2D eigenvalue weighted by Gasteiger charge is -2.22. The maximum Gasteiger partial charge on any atom is 0.305 e. The molecule has 6 nitrogen and oxygen atoms in total. The third-order valence-corrected chi connectivity index (χ3v) is 21.2. The maximum absolute atomic E-state index is 12.6. The smallest absolute Gasteiger partial charge is 0.305 e. The van der Waals surface area contributed by atoms with Crippen LogP contribution in [0.4, 0.5) is 0 Å². The van der Waals surface area contributed by atoms with Gasteiger partial charge in [0.1, 0.15) is 0 Å². The summed E-state index contributed by atoms with van der Waals surface area (Å²) >= 11 is 0. The van der Waals surface area contributed by atoms with E-state index in [2.05, 4.69) is 19.2 Å². The van der Waals surface area contributed by atoms with Crippen molar-refractivity contribution in [3.8, 4) is 0 Å². The van der Waals surface area contributed by atoms with Crippen LogP contribution in [0.15, 0.2) is 0 Å². The number of hydrogen-bond acceptors (Lipinski definition) is 5. The lowest BCUT2D eigenvalue weighted by atomic mass is 10.0. The van der Waals surface area contributed by atoms with Crippen LogP contribution in [0.2, 0.25) is 0 Å². The molecule has 0 rings (SSSR count). The molecular weight excluding hydrogens is 1140 g/mol. The van der Waals surface area contributed by atoms with Crippen molar-refractivity contribution in [1.29, 1.82) is 0 Å². The second kappa shape index (κ2) is 83.3. The number of amides is 1. The van der Waals surface area contributed by atoms with Crippen molar-refractivity contribution in [2.45, 2.75) is 533 Å². The molecule has 1 amide bonds. The fourth-order valence-electron chi connectivity index (χ4n) is 14.5. The number of hydrogen-bond donors (Lipinski definition) is 3. The van der Waals surface area contributed by atoms with Gasteiger partial charge in [-0.3, -0.25) is 9.59 Å². The van der Waals surface area contributed by atoms with E-state index in [4.69, 9.17) is 4.74 Å². The third kappa shape index (κ3) is 79.7. The molecule has 0 aromatic rings. The van der Waals surface area contributed by atoms with E-state index in [1.807, 2.05) is 0 Å². The Morgan fingerprint density at radius 1 is 0.258 bits per heavy atom. The van der Waals surface area contributed by atoms with Crippen LogP contribution in [0.3, 0.4) is 0 Å². The summed E-state index contributed by atoms with van der Waals surface area (Å²) in [5.41, 5.74) is 0. The first kappa shape index (κ1) is 91.9. The fourth-order valence-corrected chi connectivity index (χ4v) is 14.5. The molecular formula is C87H173NO5. The molecule has 0 saturated carbocycles. The van der Waals surface area contributed by atoms with Crippen molar-refractivity contribution < 1.29 is 24.5 Å². The lowest BCUT2D eigenvalue weighted by molar-refractivity contribution is -0.143. The number of carbonyl (C=O) groups is 2. The number of aliphatic hydroxyl groups is 2. The van der Waals surface area contributed by atoms with Crippen LogP contribution in [-0.2, 0) is 14.3 Å². The maximum atomic E-state index is 12.6. The molecule has 0 radical (unpaired) electrons. The number of nitrogens with one attached hydrogen (secondary N) is 1. The highest BCUT2D eigenvalue weighted by atomic mass is 16.5. The van der Waals surface area contributed by atoms with Crippen molar-refractivity contribution in [3.63, 3.8) is 0 Å². The summed E-state index contributed by atoms with van der Waals surface area (Å²) in [6, 6.07) is -0.539. The van der Waals surface area contributed by atoms with Crippen molar-refractivity contribution in [3.05, 3.63) is 0 Å². The van der Waals surface area contributed by atoms with Gasteiger partial charge in [-0.05, 0) is 25.7 Å². The number of unbranched alkanes of at least 4 members (excludes halogenated alkanes) is 73. The number of rotatable bonds is 84. The minimum atomic E-state index is -0.662. The Morgan fingerprint density at radius 2 is 0.441 bits per heavy atom. The summed E-state index contributed by atoms with van der Waals surface area (Å²) < 4.78 is 5.53. The van der Waals surface area contributed by atoms with Gasteiger partial charge in [-0.15, -0.1) is 0 Å². The van der Waals surface area contributed by atoms with Crippen LogP contribution in [0.5, 0.6) is 0 Å². The summed E-state index contributed by atoms with van der Waals surface area (Å²) in [6.45, 7) is 5.03. The first-order valence-electron chi connectivity index (χ1n) is 43.8. The monoisotopic (exact) mass is 1310 g/mol. The third-order valence-electron chi connectivity index (χ3n) is 21.2. The van der Waals surface area contributed by atoms with Gasteiger partial charge < -0.3 is 20.3 Å². The highest BCUT2D eigenvalue weighted by Crippen LogP contribution is 2.22. The topological polar surface area (TPSA) is 95.9 Å². The summed E-state index contributed by atoms with van der Waals surface area (Å²) in [6.07, 6.45) is 105. The normalized spacial score (nSPS) is 12.3. The molecule has 0 bridgehead atoms. The molecule has 3 N–H and O–H groups in total. The largest absolute Gasteiger partial charge is 0.466 e. The molecule has 93 heavy (non-hydrogen) atoms. The second-order valence-corrected chi connectivity index (χ2v) is 30.6. The summed E-state index contributed by atoms with van der Waals surface area (Å²) in [5, 5.41) is 23.5. The first-order valence-corrected chi connectivity index (χ1v) is 43.8. The molecule has 0 fully saturated rings. The Hall–Kier alpha value is -1.14. The van der Waals surface area contributed by atoms with Crippen molar-refractivity contribution in [1.82, 2.24) is 5.32 Å². The van der Waals surface area contributed by atoms with Gasteiger partial charge in [-0.25, -0.2) is 0 Å². The van der Waals surface area contributed by atoms with E-state index in [9.17, 15) is 19.8 Å². The summed E-state index contributed by atoms with van der Waals surface area (Å²) in [5.74, 6) is 0.00478. The molecule has 556 valence electrons. The minimum Gasteiger partial charge on any atom is -0.466 e. The van der Waals surface area contributed by atoms with Crippen LogP contribution >= 0.6 is 0 Å². The van der Waals surface area contributed by atoms with Crippen molar-refractivity contribution in [2.75, 3.05) is 13.2 Å². The van der Waals surface area contributed by atoms with Crippen molar-refractivity contribution >= 4 is 11.9 Å². The Bertz CT molecular complexity index is 1370. The predicted octanol–water partition coefficient (Wildman–Crippen LogP) is 29.2. The molecule has 0 aliphatic carbocycles. The van der Waals surface area contributed by atoms with Gasteiger partial charge in [0.25, 0.3) is 0 Å². The van der Waals surface area contributed by atoms with E-state index in [1.165, 1.54) is 449 Å². The summed E-state index contributed by atoms with van der Waals surface area (Å²) in [4.78, 5) is 24.7. The van der Waals surface area contributed by atoms with E-state index in [1.54, 1.807) is 0 Å². The average Bonchev–Trinajstić information content (AvgIpc) is 3.78. The minimum absolute atomic E-state index is 0.0232. The lowest BCUT2D eigenvalue weighted by Crippen LogP contribution is -2.45. The zero-order valence-electron chi connectivity index (χ0n) is 64.0. The number of aliphatic hydroxyl groups excluding tert-OH is 2. The molecule has 2 atom stereocenters. The Labute approximate surface area is 585 Å². The molecule has 0 aliphatic rings. The van der Waals surface area contributed by atoms with E-state index < -0.39 is 12.1 Å². The molecule has 0 aliphatic heterocycles. The van der Waals surface area contributed by atoms with Crippen LogP contribution in [-0.4, -0.2) is 47.4 Å². The van der Waals surface area contributed by atoms with E-state index in [-0.39, 0.29) is 18.5 Å². The average molecular weight is 1310 g/mol. The second-order valence-electron chi connectivity index (χ2n) is 30.6. The standard InChI is InChI=1S/C87H173NO5/c1-3-5-7-9-11-13-15-17-19-21-23-24-25-34-37-40-44-47-51-55-59-63-67-71-75-79-85(90)84(83-89)88-86(91)80-76-72-68-64-60-56-52-48-45-41-38-35-32-30-28-26-27-29-31-33-36-39-42-46-50-54-58-62-66-70-74-78-82-93-87(92)81-77-73-69-65-61-57-53-49-43-22-20-18-16-14-12-10-8-6-4-2/h84-85,89-90H,3-83H2,1-2H3,(H,88,91). The molecule has 0 aromatic carbocycles. The van der Waals surface area contributed by atoms with Crippen LogP contribution in [0, 0.1) is 0 Å². The van der Waals surface area contributed by atoms with E-state index >= 15 is 0 Å². The molecule has 6 heteroatoms. The van der Waals surface area contributed by atoms with Crippen LogP contribution < -0.4 is 5.32 Å². The van der Waals surface area contributed by atoms with Gasteiger partial charge >= 0.3 is 5.97 Å². The number of carbonyl (C=O) groups excluding carboxylic acids is 2. The van der Waals surface area contributed by atoms with Gasteiger partial charge in [0, 0.05) is 12.8 Å². The van der Waals surface area contributed by atoms with Crippen molar-refractivity contribution in [2.24, 2.45) is 0 Å². The fraction of sp³-hybridized carbons (Fsp3) is 0.977. The van der Waals surface area contributed by atoms with Crippen LogP contribution in [0.1, 0.15) is 521 Å². The predicted molar refractivity (Wildman–Crippen MR) is 412 cm³/mol. The molecule has 2 unspecified atom stereocenters. The Kier molecular flexibility index (Phi) is 82.3. The molecule has 0 heterocycles. The quantitative estimate of drug-likeness (QED) is 0.0417. The van der Waals surface area contributed by atoms with Gasteiger partial charge in [-0.2, -0.15) is 0 Å². The van der Waals surface area contributed by atoms with Gasteiger partial charge in [0.2, 0.25) is 5.91 Å². The first-order chi connectivity index (χ1) is 46.0. The summed E-state index contributed by atoms with van der Waals surface area (Å²) in [7, 11) is 0. The van der Waals surface area contributed by atoms with Gasteiger partial charge in [-0.1, -0.05) is 483 Å². The zero-order valence-corrected chi connectivity index (χ0v) is 64.0. The highest BCUT2D eigenvalue weighted by Gasteiger charge is 2.20. The number of esters is 1. The number of ether oxygens (including phenoxy) is 1. The highest BCUT2D eigenvalue weighted by molar-refractivity contribution is 5.76.